The van der Waals surface area contributed by atoms with Crippen LogP contribution in [0.2, 0.25) is 0 Å². The van der Waals surface area contributed by atoms with E-state index in [-0.39, 0.29) is 25.4 Å². The lowest BCUT2D eigenvalue weighted by atomic mass is 9.85. The molecule has 1 aliphatic carbocycles. The molecule has 1 unspecified atom stereocenters. The molecule has 0 bridgehead atoms. The Morgan fingerprint density at radius 2 is 1.67 bits per heavy atom. The van der Waals surface area contributed by atoms with Crippen LogP contribution in [-0.2, 0) is 19.9 Å². The van der Waals surface area contributed by atoms with Gasteiger partial charge in [-0.15, -0.1) is 0 Å². The minimum absolute atomic E-state index is 0.0534. The normalized spacial score (nSPS) is 23.6. The Morgan fingerprint density at radius 1 is 1.07 bits per heavy atom. The SMILES string of the molecule is CC(C)(C)OC(=O)N1CC(C(=O)NC2(c3ccccc3)CCCC2)C[C@@H](C(=O)O)C1. The molecule has 1 saturated carbocycles. The summed E-state index contributed by atoms with van der Waals surface area (Å²) in [4.78, 5) is 38.9. The quantitative estimate of drug-likeness (QED) is 0.783. The molecular formula is C23H32N2O5. The van der Waals surface area contributed by atoms with E-state index in [1.54, 1.807) is 20.8 Å². The van der Waals surface area contributed by atoms with Crippen molar-refractivity contribution in [2.45, 2.75) is 64.0 Å². The van der Waals surface area contributed by atoms with Crippen LogP contribution in [0, 0.1) is 11.8 Å². The standard InChI is InChI=1S/C23H32N2O5/c1-22(2,3)30-21(29)25-14-16(13-17(15-25)20(27)28)19(26)24-23(11-7-8-12-23)18-9-5-4-6-10-18/h4-6,9-10,16-17H,7-8,11-15H2,1-3H3,(H,24,26)(H,27,28)/t16?,17-/m1/s1. The van der Waals surface area contributed by atoms with Gasteiger partial charge < -0.3 is 20.1 Å². The molecule has 1 heterocycles. The summed E-state index contributed by atoms with van der Waals surface area (Å²) in [5, 5.41) is 12.8. The molecule has 0 aromatic heterocycles. The Morgan fingerprint density at radius 3 is 2.23 bits per heavy atom. The average Bonchev–Trinajstić information content (AvgIpc) is 3.16. The maximum Gasteiger partial charge on any atom is 0.410 e. The first-order chi connectivity index (χ1) is 14.1. The third-order valence-electron chi connectivity index (χ3n) is 5.97. The van der Waals surface area contributed by atoms with E-state index < -0.39 is 35.0 Å². The maximum atomic E-state index is 13.3. The maximum absolute atomic E-state index is 13.3. The van der Waals surface area contributed by atoms with Crippen molar-refractivity contribution in [1.29, 1.82) is 0 Å². The molecular weight excluding hydrogens is 384 g/mol. The number of carboxylic acids is 1. The summed E-state index contributed by atoms with van der Waals surface area (Å²) in [7, 11) is 0. The summed E-state index contributed by atoms with van der Waals surface area (Å²) in [6.07, 6.45) is 3.40. The van der Waals surface area contributed by atoms with Gasteiger partial charge in [0.05, 0.1) is 17.4 Å². The van der Waals surface area contributed by atoms with Crippen molar-refractivity contribution in [3.8, 4) is 0 Å². The smallest absolute Gasteiger partial charge is 0.410 e. The Bertz CT molecular complexity index is 781. The summed E-state index contributed by atoms with van der Waals surface area (Å²) < 4.78 is 5.42. The van der Waals surface area contributed by atoms with Crippen LogP contribution in [0.4, 0.5) is 4.79 Å². The number of nitrogens with one attached hydrogen (secondary N) is 1. The second-order valence-electron chi connectivity index (χ2n) is 9.50. The molecule has 1 aromatic rings. The van der Waals surface area contributed by atoms with Crippen molar-refractivity contribution in [3.05, 3.63) is 35.9 Å². The van der Waals surface area contributed by atoms with E-state index in [0.717, 1.165) is 31.2 Å². The summed E-state index contributed by atoms with van der Waals surface area (Å²) in [6, 6.07) is 9.93. The first-order valence-electron chi connectivity index (χ1n) is 10.7. The highest BCUT2D eigenvalue weighted by atomic mass is 16.6. The molecule has 2 atom stereocenters. The van der Waals surface area contributed by atoms with E-state index in [4.69, 9.17) is 4.74 Å². The number of benzene rings is 1. The number of ether oxygens (including phenoxy) is 1. The predicted molar refractivity (Wildman–Crippen MR) is 112 cm³/mol. The molecule has 7 nitrogen and oxygen atoms in total. The molecule has 2 fully saturated rings. The van der Waals surface area contributed by atoms with Crippen molar-refractivity contribution in [2.24, 2.45) is 11.8 Å². The molecule has 1 saturated heterocycles. The first-order valence-corrected chi connectivity index (χ1v) is 10.7. The number of hydrogen-bond donors (Lipinski definition) is 2. The van der Waals surface area contributed by atoms with Crippen molar-refractivity contribution in [1.82, 2.24) is 10.2 Å². The monoisotopic (exact) mass is 416 g/mol. The summed E-state index contributed by atoms with van der Waals surface area (Å²) >= 11 is 0. The van der Waals surface area contributed by atoms with Crippen molar-refractivity contribution < 1.29 is 24.2 Å². The van der Waals surface area contributed by atoms with Gasteiger partial charge in [-0.3, -0.25) is 9.59 Å². The third kappa shape index (κ3) is 5.12. The minimum atomic E-state index is -1.00. The van der Waals surface area contributed by atoms with Gasteiger partial charge >= 0.3 is 12.1 Å². The summed E-state index contributed by atoms with van der Waals surface area (Å²) in [6.45, 7) is 5.50. The van der Waals surface area contributed by atoms with Crippen molar-refractivity contribution >= 4 is 18.0 Å². The number of amides is 2. The Balaban J connectivity index is 1.77. The number of rotatable bonds is 4. The fourth-order valence-electron chi connectivity index (χ4n) is 4.50. The third-order valence-corrected chi connectivity index (χ3v) is 5.97. The number of aliphatic carboxylic acids is 1. The van der Waals surface area contributed by atoms with Crippen LogP contribution in [0.1, 0.15) is 58.4 Å². The van der Waals surface area contributed by atoms with Gasteiger partial charge in [0, 0.05) is 13.1 Å². The Labute approximate surface area is 177 Å². The zero-order valence-corrected chi connectivity index (χ0v) is 18.0. The minimum Gasteiger partial charge on any atom is -0.481 e. The van der Waals surface area contributed by atoms with E-state index in [1.165, 1.54) is 4.90 Å². The fraction of sp³-hybridized carbons (Fsp3) is 0.609. The zero-order chi connectivity index (χ0) is 21.9. The highest BCUT2D eigenvalue weighted by molar-refractivity contribution is 5.82. The molecule has 3 rings (SSSR count). The van der Waals surface area contributed by atoms with Crippen molar-refractivity contribution in [2.75, 3.05) is 13.1 Å². The largest absolute Gasteiger partial charge is 0.481 e. The molecule has 164 valence electrons. The second kappa shape index (κ2) is 8.66. The first kappa shape index (κ1) is 22.1. The lowest BCUT2D eigenvalue weighted by molar-refractivity contribution is -0.145. The van der Waals surface area contributed by atoms with Crippen LogP contribution in [-0.4, -0.2) is 46.7 Å². The number of carbonyl (C=O) groups excluding carboxylic acids is 2. The molecule has 2 N–H and O–H groups in total. The molecule has 0 spiro atoms. The predicted octanol–water partition coefficient (Wildman–Crippen LogP) is 3.53. The van der Waals surface area contributed by atoms with Gasteiger partial charge in [0.1, 0.15) is 5.60 Å². The van der Waals surface area contributed by atoms with Crippen LogP contribution in [0.15, 0.2) is 30.3 Å². The van der Waals surface area contributed by atoms with Crippen LogP contribution in [0.5, 0.6) is 0 Å². The van der Waals surface area contributed by atoms with Gasteiger partial charge in [-0.2, -0.15) is 0 Å². The van der Waals surface area contributed by atoms with Crippen molar-refractivity contribution in [3.63, 3.8) is 0 Å². The topological polar surface area (TPSA) is 95.9 Å². The number of hydrogen-bond acceptors (Lipinski definition) is 4. The number of likely N-dealkylation sites (tertiary alicyclic amines) is 1. The molecule has 7 heteroatoms. The van der Waals surface area contributed by atoms with Gasteiger partial charge in [-0.25, -0.2) is 4.79 Å². The van der Waals surface area contributed by atoms with Gasteiger partial charge in [0.25, 0.3) is 0 Å². The van der Waals surface area contributed by atoms with Crippen LogP contribution in [0.25, 0.3) is 0 Å². The number of carboxylic acid groups (broad SMARTS) is 1. The van der Waals surface area contributed by atoms with Gasteiger partial charge in [0.15, 0.2) is 0 Å². The van der Waals surface area contributed by atoms with E-state index >= 15 is 0 Å². The second-order valence-corrected chi connectivity index (χ2v) is 9.50. The van der Waals surface area contributed by atoms with Crippen LogP contribution >= 0.6 is 0 Å². The Hall–Kier alpha value is -2.57. The average molecular weight is 417 g/mol. The lowest BCUT2D eigenvalue weighted by Crippen LogP contribution is -2.54. The lowest BCUT2D eigenvalue weighted by Gasteiger charge is -2.38. The number of piperidine rings is 1. The zero-order valence-electron chi connectivity index (χ0n) is 18.0. The van der Waals surface area contributed by atoms with Gasteiger partial charge in [-0.05, 0) is 45.6 Å². The molecule has 0 radical (unpaired) electrons. The molecule has 30 heavy (non-hydrogen) atoms. The van der Waals surface area contributed by atoms with E-state index in [9.17, 15) is 19.5 Å². The molecule has 2 amide bonds. The van der Waals surface area contributed by atoms with E-state index in [0.29, 0.717) is 0 Å². The molecule has 1 aromatic carbocycles. The highest BCUT2D eigenvalue weighted by Crippen LogP contribution is 2.39. The van der Waals surface area contributed by atoms with E-state index in [1.807, 2.05) is 30.3 Å². The molecule has 2 aliphatic rings. The Kier molecular flexibility index (Phi) is 6.38. The molecule has 1 aliphatic heterocycles. The fourth-order valence-corrected chi connectivity index (χ4v) is 4.50. The van der Waals surface area contributed by atoms with Gasteiger partial charge in [-0.1, -0.05) is 43.2 Å². The van der Waals surface area contributed by atoms with Gasteiger partial charge in [0.2, 0.25) is 5.91 Å². The summed E-state index contributed by atoms with van der Waals surface area (Å²) in [5.41, 5.74) is -0.0391. The number of nitrogens with zero attached hydrogens (tertiary/aromatic N) is 1. The van der Waals surface area contributed by atoms with E-state index in [2.05, 4.69) is 5.32 Å². The highest BCUT2D eigenvalue weighted by Gasteiger charge is 2.42. The van der Waals surface area contributed by atoms with Crippen LogP contribution < -0.4 is 5.32 Å². The summed E-state index contributed by atoms with van der Waals surface area (Å²) in [5.74, 6) is -2.58. The number of carbonyl (C=O) groups is 3. The van der Waals surface area contributed by atoms with Crippen LogP contribution in [0.3, 0.4) is 0 Å².